The molecule has 4 aromatic rings. The molecule has 1 atom stereocenters. The van der Waals surface area contributed by atoms with Crippen molar-refractivity contribution in [2.45, 2.75) is 26.0 Å². The Labute approximate surface area is 152 Å². The number of benzene rings is 3. The molecule has 4 rings (SSSR count). The minimum Gasteiger partial charge on any atom is -0.393 e. The first-order valence-electron chi connectivity index (χ1n) is 8.93. The van der Waals surface area contributed by atoms with Gasteiger partial charge < -0.3 is 9.67 Å². The summed E-state index contributed by atoms with van der Waals surface area (Å²) in [5.41, 5.74) is 2.46. The van der Waals surface area contributed by atoms with Crippen LogP contribution >= 0.6 is 0 Å². The first kappa shape index (κ1) is 16.6. The molecule has 1 unspecified atom stereocenters. The first-order valence-corrected chi connectivity index (χ1v) is 8.93. The Kier molecular flexibility index (Phi) is 4.31. The predicted molar refractivity (Wildman–Crippen MR) is 106 cm³/mol. The number of fused-ring (bicyclic) bond motifs is 2. The standard InChI is InChI=1S/C23H21NO2/c1-16(25)13-14-24-15-21(19-10-4-5-12-22(19)24)23(26)20-11-6-8-17-7-2-3-9-18(17)20/h2-12,15-16,25H,13-14H2,1H3. The van der Waals surface area contributed by atoms with Crippen molar-refractivity contribution in [3.8, 4) is 0 Å². The van der Waals surface area contributed by atoms with Gasteiger partial charge in [-0.15, -0.1) is 0 Å². The zero-order valence-electron chi connectivity index (χ0n) is 14.7. The summed E-state index contributed by atoms with van der Waals surface area (Å²) < 4.78 is 2.07. The lowest BCUT2D eigenvalue weighted by Gasteiger charge is -2.06. The highest BCUT2D eigenvalue weighted by Crippen LogP contribution is 2.27. The summed E-state index contributed by atoms with van der Waals surface area (Å²) >= 11 is 0. The fraction of sp³-hybridized carbons (Fsp3) is 0.174. The number of carbonyl (C=O) groups is 1. The zero-order valence-corrected chi connectivity index (χ0v) is 14.7. The Morgan fingerprint density at radius 1 is 0.923 bits per heavy atom. The van der Waals surface area contributed by atoms with Crippen molar-refractivity contribution in [1.82, 2.24) is 4.57 Å². The van der Waals surface area contributed by atoms with Crippen LogP contribution in [-0.2, 0) is 6.54 Å². The summed E-state index contributed by atoms with van der Waals surface area (Å²) in [7, 11) is 0. The van der Waals surface area contributed by atoms with Crippen LogP contribution in [0, 0.1) is 0 Å². The Hall–Kier alpha value is -2.91. The third-order valence-electron chi connectivity index (χ3n) is 4.86. The van der Waals surface area contributed by atoms with E-state index in [0.717, 1.165) is 27.2 Å². The maximum atomic E-state index is 13.4. The number of aryl methyl sites for hydroxylation is 1. The van der Waals surface area contributed by atoms with E-state index in [2.05, 4.69) is 4.57 Å². The minimum absolute atomic E-state index is 0.0359. The quantitative estimate of drug-likeness (QED) is 0.529. The molecule has 3 heteroatoms. The molecule has 0 aliphatic rings. The summed E-state index contributed by atoms with van der Waals surface area (Å²) in [6.45, 7) is 2.47. The number of rotatable bonds is 5. The van der Waals surface area contributed by atoms with Gasteiger partial charge in [-0.3, -0.25) is 4.79 Å². The van der Waals surface area contributed by atoms with Gasteiger partial charge in [-0.05, 0) is 30.2 Å². The average molecular weight is 343 g/mol. The third-order valence-corrected chi connectivity index (χ3v) is 4.86. The van der Waals surface area contributed by atoms with Crippen LogP contribution in [0.25, 0.3) is 21.7 Å². The van der Waals surface area contributed by atoms with Gasteiger partial charge in [0, 0.05) is 34.8 Å². The van der Waals surface area contributed by atoms with E-state index in [-0.39, 0.29) is 11.9 Å². The van der Waals surface area contributed by atoms with Crippen molar-refractivity contribution >= 4 is 27.5 Å². The molecule has 1 heterocycles. The lowest BCUT2D eigenvalue weighted by molar-refractivity contribution is 0.104. The molecule has 0 saturated heterocycles. The van der Waals surface area contributed by atoms with E-state index in [0.29, 0.717) is 18.5 Å². The first-order chi connectivity index (χ1) is 12.6. The number of para-hydroxylation sites is 1. The molecule has 0 spiro atoms. The van der Waals surface area contributed by atoms with Crippen molar-refractivity contribution in [2.24, 2.45) is 0 Å². The van der Waals surface area contributed by atoms with Crippen LogP contribution in [0.4, 0.5) is 0 Å². The lowest BCUT2D eigenvalue weighted by atomic mass is 9.97. The van der Waals surface area contributed by atoms with Crippen molar-refractivity contribution < 1.29 is 9.90 Å². The smallest absolute Gasteiger partial charge is 0.195 e. The van der Waals surface area contributed by atoms with Gasteiger partial charge in [-0.25, -0.2) is 0 Å². The van der Waals surface area contributed by atoms with E-state index in [9.17, 15) is 9.90 Å². The van der Waals surface area contributed by atoms with E-state index in [1.54, 1.807) is 6.92 Å². The second-order valence-corrected chi connectivity index (χ2v) is 6.75. The molecule has 0 aliphatic carbocycles. The number of aliphatic hydroxyl groups is 1. The Morgan fingerprint density at radius 3 is 2.42 bits per heavy atom. The maximum Gasteiger partial charge on any atom is 0.195 e. The molecule has 0 aliphatic heterocycles. The molecule has 1 N–H and O–H groups in total. The summed E-state index contributed by atoms with van der Waals surface area (Å²) in [5.74, 6) is 0.0359. The molecular weight excluding hydrogens is 322 g/mol. The normalized spacial score (nSPS) is 12.5. The van der Waals surface area contributed by atoms with Crippen molar-refractivity contribution in [2.75, 3.05) is 0 Å². The summed E-state index contributed by atoms with van der Waals surface area (Å²) in [6, 6.07) is 21.8. The third kappa shape index (κ3) is 2.91. The van der Waals surface area contributed by atoms with Crippen LogP contribution < -0.4 is 0 Å². The maximum absolute atomic E-state index is 13.4. The predicted octanol–water partition coefficient (Wildman–Crippen LogP) is 4.80. The molecule has 0 radical (unpaired) electrons. The van der Waals surface area contributed by atoms with Crippen LogP contribution in [0.5, 0.6) is 0 Å². The monoisotopic (exact) mass is 343 g/mol. The van der Waals surface area contributed by atoms with Gasteiger partial charge in [0.15, 0.2) is 5.78 Å². The second kappa shape index (κ2) is 6.77. The van der Waals surface area contributed by atoms with Crippen LogP contribution in [0.15, 0.2) is 72.9 Å². The van der Waals surface area contributed by atoms with Crippen molar-refractivity contribution in [3.63, 3.8) is 0 Å². The summed E-state index contributed by atoms with van der Waals surface area (Å²) in [4.78, 5) is 13.4. The van der Waals surface area contributed by atoms with E-state index < -0.39 is 0 Å². The fourth-order valence-corrected chi connectivity index (χ4v) is 3.51. The summed E-state index contributed by atoms with van der Waals surface area (Å²) in [6.07, 6.45) is 2.21. The number of nitrogens with zero attached hydrogens (tertiary/aromatic N) is 1. The molecular formula is C23H21NO2. The van der Waals surface area contributed by atoms with Gasteiger partial charge in [0.05, 0.1) is 6.10 Å². The minimum atomic E-state index is -0.367. The largest absolute Gasteiger partial charge is 0.393 e. The molecule has 3 nitrogen and oxygen atoms in total. The van der Waals surface area contributed by atoms with Crippen LogP contribution in [0.1, 0.15) is 29.3 Å². The molecule has 26 heavy (non-hydrogen) atoms. The number of carbonyl (C=O) groups excluding carboxylic acids is 1. The number of ketones is 1. The van der Waals surface area contributed by atoms with E-state index in [1.807, 2.05) is 72.9 Å². The van der Waals surface area contributed by atoms with Gasteiger partial charge in [0.2, 0.25) is 0 Å². The Bertz CT molecular complexity index is 1090. The molecule has 0 bridgehead atoms. The van der Waals surface area contributed by atoms with Gasteiger partial charge in [0.1, 0.15) is 0 Å². The Balaban J connectivity index is 1.84. The van der Waals surface area contributed by atoms with Crippen molar-refractivity contribution in [1.29, 1.82) is 0 Å². The highest BCUT2D eigenvalue weighted by Gasteiger charge is 2.18. The molecule has 1 aromatic heterocycles. The van der Waals surface area contributed by atoms with Crippen molar-refractivity contribution in [3.05, 3.63) is 84.1 Å². The average Bonchev–Trinajstić information content (AvgIpc) is 3.04. The van der Waals surface area contributed by atoms with E-state index in [4.69, 9.17) is 0 Å². The molecule has 3 aromatic carbocycles. The molecule has 0 amide bonds. The van der Waals surface area contributed by atoms with Gasteiger partial charge >= 0.3 is 0 Å². The topological polar surface area (TPSA) is 42.2 Å². The number of hydrogen-bond donors (Lipinski definition) is 1. The fourth-order valence-electron chi connectivity index (χ4n) is 3.51. The van der Waals surface area contributed by atoms with Gasteiger partial charge in [-0.2, -0.15) is 0 Å². The van der Waals surface area contributed by atoms with Crippen LogP contribution in [0.2, 0.25) is 0 Å². The SMILES string of the molecule is CC(O)CCn1cc(C(=O)c2cccc3ccccc23)c2ccccc21. The lowest BCUT2D eigenvalue weighted by Crippen LogP contribution is -2.06. The highest BCUT2D eigenvalue weighted by atomic mass is 16.3. The summed E-state index contributed by atoms with van der Waals surface area (Å²) in [5, 5.41) is 12.6. The van der Waals surface area contributed by atoms with Crippen LogP contribution in [0.3, 0.4) is 0 Å². The molecule has 130 valence electrons. The zero-order chi connectivity index (χ0) is 18.1. The van der Waals surface area contributed by atoms with Crippen LogP contribution in [-0.4, -0.2) is 21.6 Å². The van der Waals surface area contributed by atoms with Gasteiger partial charge in [0.25, 0.3) is 0 Å². The van der Waals surface area contributed by atoms with E-state index >= 15 is 0 Å². The van der Waals surface area contributed by atoms with E-state index in [1.165, 1.54) is 0 Å². The Morgan fingerprint density at radius 2 is 1.62 bits per heavy atom. The molecule has 0 saturated carbocycles. The highest BCUT2D eigenvalue weighted by molar-refractivity contribution is 6.21. The number of aliphatic hydroxyl groups excluding tert-OH is 1. The second-order valence-electron chi connectivity index (χ2n) is 6.75. The molecule has 0 fully saturated rings. The number of aromatic nitrogens is 1. The number of hydrogen-bond acceptors (Lipinski definition) is 2. The van der Waals surface area contributed by atoms with Gasteiger partial charge in [-0.1, -0.05) is 60.7 Å².